The van der Waals surface area contributed by atoms with Gasteiger partial charge in [0.05, 0.1) is 9.96 Å². The summed E-state index contributed by atoms with van der Waals surface area (Å²) in [6.07, 6.45) is 0. The minimum absolute atomic E-state index is 0.146. The second-order valence-electron chi connectivity index (χ2n) is 4.82. The molecule has 0 amide bonds. The molecule has 122 valence electrons. The van der Waals surface area contributed by atoms with E-state index in [1.165, 1.54) is 38.5 Å². The summed E-state index contributed by atoms with van der Waals surface area (Å²) in [4.78, 5) is 12.2. The second-order valence-corrected chi connectivity index (χ2v) is 8.88. The molecule has 0 saturated carbocycles. The summed E-state index contributed by atoms with van der Waals surface area (Å²) in [6.45, 7) is 0. The lowest BCUT2D eigenvalue weighted by molar-refractivity contribution is 0.102. The van der Waals surface area contributed by atoms with Gasteiger partial charge in [0.2, 0.25) is 0 Å². The van der Waals surface area contributed by atoms with Gasteiger partial charge in [0.1, 0.15) is 3.82 Å². The average molecular weight is 397 g/mol. The van der Waals surface area contributed by atoms with Gasteiger partial charge in [-0.05, 0) is 23.8 Å². The Labute approximate surface area is 154 Å². The molecule has 3 rings (SSSR count). The van der Waals surface area contributed by atoms with Crippen molar-refractivity contribution in [1.29, 1.82) is 0 Å². The summed E-state index contributed by atoms with van der Waals surface area (Å²) in [7, 11) is 3.02. The number of hydrogen-bond donors (Lipinski definition) is 0. The molecule has 0 atom stereocenters. The summed E-state index contributed by atoms with van der Waals surface area (Å²) < 4.78 is 28.0. The Morgan fingerprint density at radius 2 is 1.79 bits per heavy atom. The minimum atomic E-state index is -1.01. The molecule has 0 aliphatic heterocycles. The number of Topliss-reactive ketones (excluding diaryl/α,β-unsaturated/α-hetero) is 1. The van der Waals surface area contributed by atoms with E-state index in [1.807, 2.05) is 30.3 Å². The molecule has 2 aromatic carbocycles. The molecule has 0 aliphatic carbocycles. The van der Waals surface area contributed by atoms with Crippen LogP contribution in [0.2, 0.25) is 0 Å². The lowest BCUT2D eigenvalue weighted by Crippen LogP contribution is -2.03. The van der Waals surface area contributed by atoms with E-state index in [0.717, 1.165) is 31.3 Å². The highest BCUT2D eigenvalue weighted by Crippen LogP contribution is 2.40. The van der Waals surface area contributed by atoms with Crippen LogP contribution < -0.4 is 0 Å². The molecule has 0 spiro atoms. The fourth-order valence-electron chi connectivity index (χ4n) is 2.06. The zero-order chi connectivity index (χ0) is 17.1. The first-order chi connectivity index (χ1) is 11.6. The summed E-state index contributed by atoms with van der Waals surface area (Å²) in [6, 6.07) is 13.0. The van der Waals surface area contributed by atoms with Gasteiger partial charge in [-0.1, -0.05) is 63.2 Å². The Morgan fingerprint density at radius 3 is 2.50 bits per heavy atom. The molecule has 24 heavy (non-hydrogen) atoms. The van der Waals surface area contributed by atoms with Crippen molar-refractivity contribution in [3.05, 3.63) is 69.6 Å². The Bertz CT molecular complexity index is 931. The third-order valence-corrected chi connectivity index (χ3v) is 7.85. The molecule has 0 unspecified atom stereocenters. The fourth-order valence-corrected chi connectivity index (χ4v) is 6.46. The monoisotopic (exact) mass is 396 g/mol. The molecular formula is C17H10F2OS4. The van der Waals surface area contributed by atoms with Crippen molar-refractivity contribution < 1.29 is 13.6 Å². The largest absolute Gasteiger partial charge is 0.293 e. The molecule has 3 aromatic rings. The van der Waals surface area contributed by atoms with E-state index in [4.69, 9.17) is 12.2 Å². The maximum atomic E-state index is 13.2. The highest BCUT2D eigenvalue weighted by atomic mass is 32.9. The van der Waals surface area contributed by atoms with Crippen LogP contribution in [0.25, 0.3) is 11.1 Å². The van der Waals surface area contributed by atoms with Crippen molar-refractivity contribution in [2.75, 3.05) is 5.75 Å². The van der Waals surface area contributed by atoms with Crippen LogP contribution in [-0.2, 0) is 0 Å². The predicted octanol–water partition coefficient (Wildman–Crippen LogP) is 6.46. The van der Waals surface area contributed by atoms with Crippen molar-refractivity contribution >= 4 is 50.4 Å². The molecule has 0 N–H and O–H groups in total. The maximum absolute atomic E-state index is 13.2. The zero-order valence-corrected chi connectivity index (χ0v) is 15.4. The normalized spacial score (nSPS) is 10.8. The molecule has 0 saturated heterocycles. The van der Waals surface area contributed by atoms with Crippen LogP contribution >= 0.6 is 44.7 Å². The molecule has 1 heterocycles. The van der Waals surface area contributed by atoms with E-state index in [0.29, 0.717) is 0 Å². The van der Waals surface area contributed by atoms with Crippen molar-refractivity contribution in [2.24, 2.45) is 0 Å². The molecule has 0 radical (unpaired) electrons. The molecule has 1 aromatic heterocycles. The minimum Gasteiger partial charge on any atom is -0.293 e. The molecule has 0 fully saturated rings. The first-order valence-corrected chi connectivity index (χ1v) is 10.4. The van der Waals surface area contributed by atoms with Crippen molar-refractivity contribution in [3.8, 4) is 11.1 Å². The van der Waals surface area contributed by atoms with Gasteiger partial charge in [-0.3, -0.25) is 4.79 Å². The molecule has 0 bridgehead atoms. The van der Waals surface area contributed by atoms with Gasteiger partial charge in [-0.25, -0.2) is 8.78 Å². The van der Waals surface area contributed by atoms with Gasteiger partial charge in [0.15, 0.2) is 17.4 Å². The van der Waals surface area contributed by atoms with Crippen molar-refractivity contribution in [1.82, 2.24) is 0 Å². The summed E-state index contributed by atoms with van der Waals surface area (Å²) in [5, 5.41) is 0. The van der Waals surface area contributed by atoms with Gasteiger partial charge in [0.25, 0.3) is 0 Å². The average Bonchev–Trinajstić information content (AvgIpc) is 2.96. The Morgan fingerprint density at radius 1 is 1.04 bits per heavy atom. The third-order valence-electron chi connectivity index (χ3n) is 3.24. The van der Waals surface area contributed by atoms with E-state index in [2.05, 4.69) is 0 Å². The maximum Gasteiger partial charge on any atom is 0.173 e. The van der Waals surface area contributed by atoms with Crippen LogP contribution in [0.1, 0.15) is 10.4 Å². The first kappa shape index (κ1) is 17.4. The Balaban J connectivity index is 1.79. The molecular weight excluding hydrogens is 386 g/mol. The quantitative estimate of drug-likeness (QED) is 0.213. The summed E-state index contributed by atoms with van der Waals surface area (Å²) in [5.74, 6) is -2.07. The van der Waals surface area contributed by atoms with Crippen LogP contribution in [0.15, 0.2) is 52.7 Å². The number of halogens is 2. The first-order valence-electron chi connectivity index (χ1n) is 6.86. The van der Waals surface area contributed by atoms with Crippen LogP contribution in [-0.4, -0.2) is 11.5 Å². The van der Waals surface area contributed by atoms with Crippen LogP contribution in [0.4, 0.5) is 8.78 Å². The van der Waals surface area contributed by atoms with E-state index in [9.17, 15) is 13.6 Å². The number of hydrogen-bond acceptors (Lipinski definition) is 5. The number of ketones is 1. The predicted molar refractivity (Wildman–Crippen MR) is 99.9 cm³/mol. The highest BCUT2D eigenvalue weighted by Gasteiger charge is 2.15. The van der Waals surface area contributed by atoms with Gasteiger partial charge in [-0.15, -0.1) is 11.8 Å². The van der Waals surface area contributed by atoms with Crippen molar-refractivity contribution in [2.45, 2.75) is 4.21 Å². The third kappa shape index (κ3) is 3.80. The number of carbonyl (C=O) groups excluding carboxylic acids is 1. The molecule has 7 heteroatoms. The number of rotatable bonds is 5. The standard InChI is InChI=1S/C17H10F2OS4/c18-12-7-6-11(8-13(12)19)14(20)9-22-17-15(16(21)23-24-17)10-4-2-1-3-5-10/h1-8H,9H2. The Hall–Kier alpha value is -1.41. The van der Waals surface area contributed by atoms with E-state index in [-0.39, 0.29) is 17.1 Å². The lowest BCUT2D eigenvalue weighted by Gasteiger charge is -2.04. The number of carbonyl (C=O) groups is 1. The molecule has 0 aliphatic rings. The van der Waals surface area contributed by atoms with E-state index < -0.39 is 11.6 Å². The van der Waals surface area contributed by atoms with E-state index >= 15 is 0 Å². The van der Waals surface area contributed by atoms with Crippen LogP contribution in [0.3, 0.4) is 0 Å². The summed E-state index contributed by atoms with van der Waals surface area (Å²) in [5.41, 5.74) is 2.15. The second kappa shape index (κ2) is 7.65. The van der Waals surface area contributed by atoms with Gasteiger partial charge in [0, 0.05) is 11.1 Å². The van der Waals surface area contributed by atoms with Crippen LogP contribution in [0.5, 0.6) is 0 Å². The van der Waals surface area contributed by atoms with Crippen LogP contribution in [0, 0.1) is 15.5 Å². The fraction of sp³-hybridized carbons (Fsp3) is 0.0588. The highest BCUT2D eigenvalue weighted by molar-refractivity contribution is 8.03. The lowest BCUT2D eigenvalue weighted by atomic mass is 10.1. The van der Waals surface area contributed by atoms with Gasteiger partial charge < -0.3 is 0 Å². The van der Waals surface area contributed by atoms with Crippen molar-refractivity contribution in [3.63, 3.8) is 0 Å². The molecule has 1 nitrogen and oxygen atoms in total. The van der Waals surface area contributed by atoms with Gasteiger partial charge >= 0.3 is 0 Å². The number of thioether (sulfide) groups is 1. The zero-order valence-electron chi connectivity index (χ0n) is 12.1. The number of benzene rings is 2. The Kier molecular flexibility index (Phi) is 5.55. The topological polar surface area (TPSA) is 17.1 Å². The van der Waals surface area contributed by atoms with E-state index in [1.54, 1.807) is 0 Å². The van der Waals surface area contributed by atoms with Gasteiger partial charge in [-0.2, -0.15) is 0 Å². The summed E-state index contributed by atoms with van der Waals surface area (Å²) >= 11 is 6.77. The SMILES string of the molecule is O=C(CSc1ssc(=S)c1-c1ccccc1)c1ccc(F)c(F)c1. The smallest absolute Gasteiger partial charge is 0.173 e.